The highest BCUT2D eigenvalue weighted by atomic mass is 16.7. The maximum atomic E-state index is 5.41. The van der Waals surface area contributed by atoms with Gasteiger partial charge in [-0.2, -0.15) is 0 Å². The molecule has 0 aromatic rings. The number of likely N-dealkylation sites (tertiary alicyclic amines) is 1. The second kappa shape index (κ2) is 4.91. The molecule has 0 aliphatic carbocycles. The third-order valence-corrected chi connectivity index (χ3v) is 2.60. The highest BCUT2D eigenvalue weighted by Gasteiger charge is 2.42. The average molecular weight is 188 g/mol. The summed E-state index contributed by atoms with van der Waals surface area (Å²) in [5.41, 5.74) is 5.41. The minimum absolute atomic E-state index is 0.331. The molecule has 1 aliphatic rings. The van der Waals surface area contributed by atoms with Crippen molar-refractivity contribution >= 4 is 0 Å². The molecule has 4 heteroatoms. The summed E-state index contributed by atoms with van der Waals surface area (Å²) in [6.45, 7) is 3.65. The molecule has 13 heavy (non-hydrogen) atoms. The monoisotopic (exact) mass is 188 g/mol. The Morgan fingerprint density at radius 3 is 2.31 bits per heavy atom. The van der Waals surface area contributed by atoms with Gasteiger partial charge in [-0.15, -0.1) is 0 Å². The average Bonchev–Trinajstić information content (AvgIpc) is 2.10. The van der Waals surface area contributed by atoms with Crippen molar-refractivity contribution < 1.29 is 9.47 Å². The highest BCUT2D eigenvalue weighted by molar-refractivity contribution is 4.88. The lowest BCUT2D eigenvalue weighted by molar-refractivity contribution is -0.275. The second-order valence-corrected chi connectivity index (χ2v) is 3.53. The first-order valence-corrected chi connectivity index (χ1v) is 4.79. The van der Waals surface area contributed by atoms with Crippen molar-refractivity contribution in [3.63, 3.8) is 0 Å². The van der Waals surface area contributed by atoms with Crippen LogP contribution in [0.1, 0.15) is 12.8 Å². The maximum Gasteiger partial charge on any atom is 0.193 e. The number of methoxy groups -OCH3 is 2. The van der Waals surface area contributed by atoms with Gasteiger partial charge in [-0.1, -0.05) is 0 Å². The summed E-state index contributed by atoms with van der Waals surface area (Å²) in [6.07, 6.45) is 2.27. The molecule has 78 valence electrons. The van der Waals surface area contributed by atoms with Crippen LogP contribution in [-0.2, 0) is 9.47 Å². The first-order valence-electron chi connectivity index (χ1n) is 4.79. The Morgan fingerprint density at radius 1 is 1.23 bits per heavy atom. The molecule has 1 aliphatic heterocycles. The van der Waals surface area contributed by atoms with Crippen LogP contribution >= 0.6 is 0 Å². The van der Waals surface area contributed by atoms with E-state index in [0.717, 1.165) is 32.6 Å². The van der Waals surface area contributed by atoms with E-state index in [9.17, 15) is 0 Å². The molecule has 1 heterocycles. The quantitative estimate of drug-likeness (QED) is 0.472. The van der Waals surface area contributed by atoms with Crippen molar-refractivity contribution in [2.75, 3.05) is 40.4 Å². The summed E-state index contributed by atoms with van der Waals surface area (Å²) in [5.74, 6) is -0.331. The van der Waals surface area contributed by atoms with E-state index in [2.05, 4.69) is 4.90 Å². The van der Waals surface area contributed by atoms with Crippen molar-refractivity contribution in [2.24, 2.45) is 5.73 Å². The number of hydrogen-bond donors (Lipinski definition) is 1. The van der Waals surface area contributed by atoms with Crippen LogP contribution in [0.25, 0.3) is 0 Å². The number of nitrogens with zero attached hydrogens (tertiary/aromatic N) is 1. The highest BCUT2D eigenvalue weighted by Crippen LogP contribution is 2.24. The number of hydrogen-bond acceptors (Lipinski definition) is 4. The zero-order chi connectivity index (χ0) is 9.73. The molecule has 0 aromatic carbocycles. The van der Waals surface area contributed by atoms with E-state index in [1.807, 2.05) is 0 Å². The zero-order valence-corrected chi connectivity index (χ0v) is 8.58. The molecule has 0 amide bonds. The van der Waals surface area contributed by atoms with Gasteiger partial charge in [0.25, 0.3) is 0 Å². The molecule has 0 aromatic heterocycles. The molecule has 0 saturated carbocycles. The van der Waals surface area contributed by atoms with Gasteiger partial charge < -0.3 is 15.2 Å². The number of ether oxygens (including phenoxy) is 2. The Balaban J connectivity index is 2.09. The third kappa shape index (κ3) is 2.64. The Morgan fingerprint density at radius 2 is 1.85 bits per heavy atom. The number of nitrogens with two attached hydrogens (primary N) is 1. The van der Waals surface area contributed by atoms with Crippen molar-refractivity contribution in [1.29, 1.82) is 0 Å². The fraction of sp³-hybridized carbons (Fsp3) is 1.00. The van der Waals surface area contributed by atoms with Crippen LogP contribution in [0.4, 0.5) is 0 Å². The summed E-state index contributed by atoms with van der Waals surface area (Å²) in [7, 11) is 3.39. The molecule has 0 unspecified atom stereocenters. The lowest BCUT2D eigenvalue weighted by atomic mass is 10.1. The number of rotatable bonds is 6. The standard InChI is InChI=1S/C9H20N2O2/c1-12-9(13-2)7-11(8-9)6-4-3-5-10/h3-8,10H2,1-2H3. The Kier molecular flexibility index (Phi) is 4.12. The van der Waals surface area contributed by atoms with E-state index in [1.54, 1.807) is 14.2 Å². The third-order valence-electron chi connectivity index (χ3n) is 2.60. The normalized spacial score (nSPS) is 21.5. The molecule has 2 N–H and O–H groups in total. The molecule has 0 atom stereocenters. The first kappa shape index (κ1) is 10.9. The van der Waals surface area contributed by atoms with Gasteiger partial charge in [-0.25, -0.2) is 0 Å². The molecule has 0 spiro atoms. The topological polar surface area (TPSA) is 47.7 Å². The van der Waals surface area contributed by atoms with Crippen LogP contribution in [0.15, 0.2) is 0 Å². The Bertz CT molecular complexity index is 141. The Labute approximate surface area is 80.0 Å². The minimum atomic E-state index is -0.331. The molecule has 4 nitrogen and oxygen atoms in total. The van der Waals surface area contributed by atoms with Crippen LogP contribution < -0.4 is 5.73 Å². The van der Waals surface area contributed by atoms with Gasteiger partial charge >= 0.3 is 0 Å². The van der Waals surface area contributed by atoms with Crippen LogP contribution in [-0.4, -0.2) is 51.1 Å². The van der Waals surface area contributed by atoms with Gasteiger partial charge in [0.05, 0.1) is 13.1 Å². The van der Waals surface area contributed by atoms with Gasteiger partial charge in [0, 0.05) is 14.2 Å². The summed E-state index contributed by atoms with van der Waals surface area (Å²) >= 11 is 0. The second-order valence-electron chi connectivity index (χ2n) is 3.53. The minimum Gasteiger partial charge on any atom is -0.351 e. The molecule has 0 radical (unpaired) electrons. The van der Waals surface area contributed by atoms with Crippen LogP contribution in [0.2, 0.25) is 0 Å². The molecular formula is C9H20N2O2. The zero-order valence-electron chi connectivity index (χ0n) is 8.58. The molecule has 1 fully saturated rings. The summed E-state index contributed by atoms with van der Waals surface area (Å²) in [5, 5.41) is 0. The summed E-state index contributed by atoms with van der Waals surface area (Å²) < 4.78 is 10.5. The molecule has 1 rings (SSSR count). The lowest BCUT2D eigenvalue weighted by Crippen LogP contribution is -2.63. The van der Waals surface area contributed by atoms with Gasteiger partial charge in [-0.05, 0) is 25.9 Å². The molecule has 1 saturated heterocycles. The van der Waals surface area contributed by atoms with Crippen molar-refractivity contribution in [2.45, 2.75) is 18.6 Å². The fourth-order valence-electron chi connectivity index (χ4n) is 1.61. The maximum absolute atomic E-state index is 5.41. The molecule has 0 bridgehead atoms. The van der Waals surface area contributed by atoms with Gasteiger partial charge in [0.1, 0.15) is 0 Å². The van der Waals surface area contributed by atoms with Crippen molar-refractivity contribution in [3.05, 3.63) is 0 Å². The van der Waals surface area contributed by atoms with Crippen LogP contribution in [0.3, 0.4) is 0 Å². The Hall–Kier alpha value is -0.160. The molecular weight excluding hydrogens is 168 g/mol. The predicted molar refractivity (Wildman–Crippen MR) is 51.5 cm³/mol. The smallest absolute Gasteiger partial charge is 0.193 e. The van der Waals surface area contributed by atoms with E-state index in [4.69, 9.17) is 15.2 Å². The van der Waals surface area contributed by atoms with Gasteiger partial charge in [-0.3, -0.25) is 4.90 Å². The van der Waals surface area contributed by atoms with Crippen LogP contribution in [0, 0.1) is 0 Å². The SMILES string of the molecule is COC1(OC)CN(CCCCN)C1. The lowest BCUT2D eigenvalue weighted by Gasteiger charge is -2.47. The largest absolute Gasteiger partial charge is 0.351 e. The summed E-state index contributed by atoms with van der Waals surface area (Å²) in [4.78, 5) is 2.32. The van der Waals surface area contributed by atoms with E-state index in [-0.39, 0.29) is 5.79 Å². The number of unbranched alkanes of at least 4 members (excludes halogenated alkanes) is 1. The van der Waals surface area contributed by atoms with Crippen molar-refractivity contribution in [3.8, 4) is 0 Å². The van der Waals surface area contributed by atoms with Gasteiger partial charge in [0.15, 0.2) is 5.79 Å². The summed E-state index contributed by atoms with van der Waals surface area (Å²) in [6, 6.07) is 0. The van der Waals surface area contributed by atoms with Crippen LogP contribution in [0.5, 0.6) is 0 Å². The van der Waals surface area contributed by atoms with Crippen molar-refractivity contribution in [1.82, 2.24) is 4.90 Å². The van der Waals surface area contributed by atoms with E-state index in [1.165, 1.54) is 6.42 Å². The van der Waals surface area contributed by atoms with Gasteiger partial charge in [0.2, 0.25) is 0 Å². The van der Waals surface area contributed by atoms with E-state index >= 15 is 0 Å². The van der Waals surface area contributed by atoms with E-state index in [0.29, 0.717) is 0 Å². The fourth-order valence-corrected chi connectivity index (χ4v) is 1.61. The first-order chi connectivity index (χ1) is 6.26. The predicted octanol–water partition coefficient (Wildman–Crippen LogP) is 0.0300. The van der Waals surface area contributed by atoms with E-state index < -0.39 is 0 Å².